The highest BCUT2D eigenvalue weighted by molar-refractivity contribution is 7.92. The van der Waals surface area contributed by atoms with E-state index < -0.39 is 10.0 Å². The van der Waals surface area contributed by atoms with Gasteiger partial charge in [0.2, 0.25) is 0 Å². The maximum atomic E-state index is 12.4. The Bertz CT molecular complexity index is 1080. The van der Waals surface area contributed by atoms with E-state index in [2.05, 4.69) is 10.0 Å². The SMILES string of the molecule is Cc1ccc(CNC(=O)c2ccc(NS(=O)(=O)c3ccccc3)c(Cl)c2)cc1. The molecule has 0 radical (unpaired) electrons. The Hall–Kier alpha value is -2.83. The summed E-state index contributed by atoms with van der Waals surface area (Å²) in [4.78, 5) is 12.5. The second-order valence-electron chi connectivity index (χ2n) is 6.28. The van der Waals surface area contributed by atoms with Crippen molar-refractivity contribution < 1.29 is 13.2 Å². The fourth-order valence-corrected chi connectivity index (χ4v) is 3.92. The van der Waals surface area contributed by atoms with Gasteiger partial charge in [0.05, 0.1) is 15.6 Å². The number of amides is 1. The van der Waals surface area contributed by atoms with Gasteiger partial charge in [-0.1, -0.05) is 59.6 Å². The molecule has 3 rings (SSSR count). The predicted octanol–water partition coefficient (Wildman–Crippen LogP) is 4.38. The van der Waals surface area contributed by atoms with Crippen molar-refractivity contribution in [3.8, 4) is 0 Å². The third kappa shape index (κ3) is 4.91. The molecule has 144 valence electrons. The number of carbonyl (C=O) groups excluding carboxylic acids is 1. The summed E-state index contributed by atoms with van der Waals surface area (Å²) in [6.07, 6.45) is 0. The quantitative estimate of drug-likeness (QED) is 0.628. The van der Waals surface area contributed by atoms with Crippen molar-refractivity contribution >= 4 is 33.2 Å². The third-order valence-electron chi connectivity index (χ3n) is 4.10. The van der Waals surface area contributed by atoms with Gasteiger partial charge in [0.1, 0.15) is 0 Å². The summed E-state index contributed by atoms with van der Waals surface area (Å²) in [5, 5.41) is 2.96. The second kappa shape index (κ2) is 8.46. The summed E-state index contributed by atoms with van der Waals surface area (Å²) in [6.45, 7) is 2.39. The van der Waals surface area contributed by atoms with Gasteiger partial charge in [-0.3, -0.25) is 9.52 Å². The molecule has 2 N–H and O–H groups in total. The monoisotopic (exact) mass is 414 g/mol. The molecule has 0 spiro atoms. The second-order valence-corrected chi connectivity index (χ2v) is 8.37. The summed E-state index contributed by atoms with van der Waals surface area (Å²) in [5.41, 5.74) is 2.69. The molecule has 0 fully saturated rings. The zero-order valence-corrected chi connectivity index (χ0v) is 16.7. The van der Waals surface area contributed by atoms with Crippen LogP contribution in [0.5, 0.6) is 0 Å². The zero-order valence-electron chi connectivity index (χ0n) is 15.1. The predicted molar refractivity (Wildman–Crippen MR) is 111 cm³/mol. The summed E-state index contributed by atoms with van der Waals surface area (Å²) >= 11 is 6.19. The lowest BCUT2D eigenvalue weighted by Gasteiger charge is -2.11. The van der Waals surface area contributed by atoms with Crippen LogP contribution < -0.4 is 10.0 Å². The van der Waals surface area contributed by atoms with Crippen molar-refractivity contribution in [1.82, 2.24) is 5.32 Å². The van der Waals surface area contributed by atoms with E-state index in [4.69, 9.17) is 11.6 Å². The number of hydrogen-bond donors (Lipinski definition) is 2. The van der Waals surface area contributed by atoms with E-state index in [1.165, 1.54) is 30.3 Å². The van der Waals surface area contributed by atoms with Gasteiger partial charge >= 0.3 is 0 Å². The lowest BCUT2D eigenvalue weighted by molar-refractivity contribution is 0.0951. The molecule has 3 aromatic carbocycles. The van der Waals surface area contributed by atoms with E-state index in [1.807, 2.05) is 31.2 Å². The average Bonchev–Trinajstić information content (AvgIpc) is 2.69. The van der Waals surface area contributed by atoms with Gasteiger partial charge in [0, 0.05) is 12.1 Å². The standard InChI is InChI=1S/C21H19ClN2O3S/c1-15-7-9-16(10-8-15)14-23-21(25)17-11-12-20(19(22)13-17)24-28(26,27)18-5-3-2-4-6-18/h2-13,24H,14H2,1H3,(H,23,25). The minimum atomic E-state index is -3.75. The Morgan fingerprint density at radius 2 is 1.64 bits per heavy atom. The van der Waals surface area contributed by atoms with Crippen LogP contribution in [0.4, 0.5) is 5.69 Å². The Kier molecular flexibility index (Phi) is 6.02. The first-order chi connectivity index (χ1) is 13.3. The minimum Gasteiger partial charge on any atom is -0.348 e. The van der Waals surface area contributed by atoms with Crippen LogP contribution in [-0.4, -0.2) is 14.3 Å². The molecule has 0 aliphatic carbocycles. The Morgan fingerprint density at radius 3 is 2.29 bits per heavy atom. The minimum absolute atomic E-state index is 0.131. The maximum absolute atomic E-state index is 12.4. The molecule has 7 heteroatoms. The van der Waals surface area contributed by atoms with E-state index in [9.17, 15) is 13.2 Å². The van der Waals surface area contributed by atoms with Crippen LogP contribution in [0.2, 0.25) is 5.02 Å². The van der Waals surface area contributed by atoms with Crippen molar-refractivity contribution in [2.75, 3.05) is 4.72 Å². The Morgan fingerprint density at radius 1 is 0.964 bits per heavy atom. The molecule has 0 aromatic heterocycles. The van der Waals surface area contributed by atoms with Crippen LogP contribution in [-0.2, 0) is 16.6 Å². The van der Waals surface area contributed by atoms with Crippen molar-refractivity contribution in [3.05, 3.63) is 94.5 Å². The van der Waals surface area contributed by atoms with E-state index in [1.54, 1.807) is 18.2 Å². The molecule has 0 bridgehead atoms. The van der Waals surface area contributed by atoms with Crippen LogP contribution in [0.15, 0.2) is 77.7 Å². The van der Waals surface area contributed by atoms with E-state index in [-0.39, 0.29) is 21.5 Å². The van der Waals surface area contributed by atoms with Crippen LogP contribution in [0.3, 0.4) is 0 Å². The van der Waals surface area contributed by atoms with Crippen molar-refractivity contribution in [1.29, 1.82) is 0 Å². The van der Waals surface area contributed by atoms with Crippen molar-refractivity contribution in [3.63, 3.8) is 0 Å². The number of aryl methyl sites for hydroxylation is 1. The van der Waals surface area contributed by atoms with Crippen LogP contribution >= 0.6 is 11.6 Å². The average molecular weight is 415 g/mol. The molecule has 0 heterocycles. The van der Waals surface area contributed by atoms with E-state index in [0.29, 0.717) is 12.1 Å². The molecule has 0 saturated heterocycles. The number of anilines is 1. The lowest BCUT2D eigenvalue weighted by atomic mass is 10.1. The summed E-state index contributed by atoms with van der Waals surface area (Å²) in [7, 11) is -3.75. The van der Waals surface area contributed by atoms with E-state index >= 15 is 0 Å². The topological polar surface area (TPSA) is 75.3 Å². The first-order valence-electron chi connectivity index (χ1n) is 8.56. The largest absolute Gasteiger partial charge is 0.348 e. The number of sulfonamides is 1. The number of hydrogen-bond acceptors (Lipinski definition) is 3. The molecule has 1 amide bonds. The van der Waals surface area contributed by atoms with Crippen LogP contribution in [0, 0.1) is 6.92 Å². The number of benzene rings is 3. The van der Waals surface area contributed by atoms with E-state index in [0.717, 1.165) is 11.1 Å². The Labute approximate surface area is 169 Å². The highest BCUT2D eigenvalue weighted by atomic mass is 35.5. The van der Waals surface area contributed by atoms with Crippen molar-refractivity contribution in [2.45, 2.75) is 18.4 Å². The Balaban J connectivity index is 1.69. The highest BCUT2D eigenvalue weighted by Crippen LogP contribution is 2.26. The fraction of sp³-hybridized carbons (Fsp3) is 0.0952. The first kappa shape index (κ1) is 19.9. The van der Waals surface area contributed by atoms with Gasteiger partial charge < -0.3 is 5.32 Å². The van der Waals surface area contributed by atoms with Gasteiger partial charge in [0.25, 0.3) is 15.9 Å². The lowest BCUT2D eigenvalue weighted by Crippen LogP contribution is -2.23. The van der Waals surface area contributed by atoms with Gasteiger partial charge in [-0.25, -0.2) is 8.42 Å². The molecule has 28 heavy (non-hydrogen) atoms. The molecule has 3 aromatic rings. The maximum Gasteiger partial charge on any atom is 0.261 e. The molecule has 0 unspecified atom stereocenters. The highest BCUT2D eigenvalue weighted by Gasteiger charge is 2.16. The fourth-order valence-electron chi connectivity index (χ4n) is 2.53. The molecular weight excluding hydrogens is 396 g/mol. The zero-order chi connectivity index (χ0) is 20.1. The van der Waals surface area contributed by atoms with Gasteiger partial charge in [0.15, 0.2) is 0 Å². The van der Waals surface area contributed by atoms with Crippen molar-refractivity contribution in [2.24, 2.45) is 0 Å². The molecule has 0 saturated carbocycles. The first-order valence-corrected chi connectivity index (χ1v) is 10.4. The number of halogens is 1. The van der Waals surface area contributed by atoms with Crippen LogP contribution in [0.25, 0.3) is 0 Å². The molecule has 5 nitrogen and oxygen atoms in total. The van der Waals surface area contributed by atoms with Gasteiger partial charge in [-0.2, -0.15) is 0 Å². The summed E-state index contributed by atoms with van der Waals surface area (Å²) in [5.74, 6) is -0.292. The summed E-state index contributed by atoms with van der Waals surface area (Å²) in [6, 6.07) is 20.3. The molecule has 0 aliphatic rings. The summed E-state index contributed by atoms with van der Waals surface area (Å²) < 4.78 is 27.3. The molecule has 0 atom stereocenters. The van der Waals surface area contributed by atoms with Crippen LogP contribution in [0.1, 0.15) is 21.5 Å². The third-order valence-corrected chi connectivity index (χ3v) is 5.80. The normalized spacial score (nSPS) is 11.1. The number of rotatable bonds is 6. The smallest absolute Gasteiger partial charge is 0.261 e. The number of carbonyl (C=O) groups is 1. The van der Waals surface area contributed by atoms with Gasteiger partial charge in [-0.05, 0) is 42.8 Å². The number of nitrogens with one attached hydrogen (secondary N) is 2. The van der Waals surface area contributed by atoms with Gasteiger partial charge in [-0.15, -0.1) is 0 Å². The molecular formula is C21H19ClN2O3S. The molecule has 0 aliphatic heterocycles.